The molecule has 0 bridgehead atoms. The summed E-state index contributed by atoms with van der Waals surface area (Å²) in [6.07, 6.45) is -0.787. The van der Waals surface area contributed by atoms with Gasteiger partial charge in [-0.3, -0.25) is 10.1 Å². The molecular formula is C19H23ClN4O4. The summed E-state index contributed by atoms with van der Waals surface area (Å²) >= 11 is 5.97. The standard InChI is InChI=1S/C19H23ClN4O4/c1-2-21-19(22-11-14-4-3-5-15(20)10-14)23-12-17(25)13-28-18-8-6-16(7-9-18)24(26)27/h3-10,17,25H,2,11-13H2,1H3,(H2,21,22,23). The normalized spacial score (nSPS) is 12.3. The molecule has 8 nitrogen and oxygen atoms in total. The number of aliphatic hydroxyl groups is 1. The summed E-state index contributed by atoms with van der Waals surface area (Å²) in [5, 5.41) is 27.5. The summed E-state index contributed by atoms with van der Waals surface area (Å²) in [5.74, 6) is 1.02. The van der Waals surface area contributed by atoms with Crippen molar-refractivity contribution < 1.29 is 14.8 Å². The first-order valence-electron chi connectivity index (χ1n) is 8.80. The quantitative estimate of drug-likeness (QED) is 0.256. The topological polar surface area (TPSA) is 109 Å². The first-order valence-corrected chi connectivity index (χ1v) is 9.17. The number of nitrogens with zero attached hydrogens (tertiary/aromatic N) is 2. The van der Waals surface area contributed by atoms with E-state index < -0.39 is 11.0 Å². The Kier molecular flexibility index (Phi) is 8.51. The van der Waals surface area contributed by atoms with Crippen molar-refractivity contribution in [2.75, 3.05) is 19.7 Å². The Balaban J connectivity index is 1.81. The van der Waals surface area contributed by atoms with Gasteiger partial charge in [-0.2, -0.15) is 0 Å². The average molecular weight is 407 g/mol. The summed E-state index contributed by atoms with van der Waals surface area (Å²) in [4.78, 5) is 14.6. The lowest BCUT2D eigenvalue weighted by molar-refractivity contribution is -0.384. The number of halogens is 1. The maximum Gasteiger partial charge on any atom is 0.269 e. The molecule has 3 N–H and O–H groups in total. The molecule has 0 aliphatic heterocycles. The van der Waals surface area contributed by atoms with Crippen LogP contribution in [-0.2, 0) is 6.54 Å². The van der Waals surface area contributed by atoms with Crippen LogP contribution in [0.3, 0.4) is 0 Å². The van der Waals surface area contributed by atoms with Crippen molar-refractivity contribution in [3.8, 4) is 5.75 Å². The van der Waals surface area contributed by atoms with Gasteiger partial charge in [-0.15, -0.1) is 0 Å². The van der Waals surface area contributed by atoms with Gasteiger partial charge in [0.05, 0.1) is 11.5 Å². The van der Waals surface area contributed by atoms with Gasteiger partial charge in [0.2, 0.25) is 0 Å². The maximum absolute atomic E-state index is 10.6. The first kappa shape index (κ1) is 21.5. The van der Waals surface area contributed by atoms with Crippen molar-refractivity contribution >= 4 is 23.2 Å². The van der Waals surface area contributed by atoms with Crippen LogP contribution in [0.1, 0.15) is 12.5 Å². The number of hydrogen-bond donors (Lipinski definition) is 3. The second-order valence-electron chi connectivity index (χ2n) is 5.92. The zero-order valence-corrected chi connectivity index (χ0v) is 16.2. The first-order chi connectivity index (χ1) is 13.5. The fourth-order valence-corrected chi connectivity index (χ4v) is 2.49. The molecule has 0 spiro atoms. The van der Waals surface area contributed by atoms with E-state index in [2.05, 4.69) is 15.6 Å². The summed E-state index contributed by atoms with van der Waals surface area (Å²) in [6.45, 7) is 3.35. The third-order valence-corrected chi connectivity index (χ3v) is 3.88. The van der Waals surface area contributed by atoms with Crippen LogP contribution in [0.25, 0.3) is 0 Å². The molecule has 2 aromatic rings. The van der Waals surface area contributed by atoms with Gasteiger partial charge in [-0.1, -0.05) is 23.7 Å². The van der Waals surface area contributed by atoms with E-state index in [9.17, 15) is 15.2 Å². The Morgan fingerprint density at radius 1 is 1.29 bits per heavy atom. The van der Waals surface area contributed by atoms with Gasteiger partial charge in [-0.05, 0) is 36.8 Å². The maximum atomic E-state index is 10.6. The molecule has 2 aromatic carbocycles. The number of aliphatic hydroxyl groups excluding tert-OH is 1. The Bertz CT molecular complexity index is 799. The molecule has 0 fully saturated rings. The number of ether oxygens (including phenoxy) is 1. The van der Waals surface area contributed by atoms with Gasteiger partial charge in [0, 0.05) is 30.2 Å². The molecule has 0 amide bonds. The molecule has 0 aromatic heterocycles. The van der Waals surface area contributed by atoms with E-state index in [1.807, 2.05) is 25.1 Å². The molecule has 2 rings (SSSR count). The minimum absolute atomic E-state index is 0.0132. The highest BCUT2D eigenvalue weighted by atomic mass is 35.5. The van der Waals surface area contributed by atoms with Crippen molar-refractivity contribution in [1.29, 1.82) is 0 Å². The number of nitro groups is 1. The number of nitrogens with one attached hydrogen (secondary N) is 2. The number of rotatable bonds is 9. The molecule has 9 heteroatoms. The number of hydrogen-bond acceptors (Lipinski definition) is 5. The molecule has 0 aliphatic rings. The minimum atomic E-state index is -0.787. The smallest absolute Gasteiger partial charge is 0.269 e. The molecule has 1 unspecified atom stereocenters. The van der Waals surface area contributed by atoms with Gasteiger partial charge in [0.1, 0.15) is 18.5 Å². The molecule has 0 saturated carbocycles. The Labute approximate surface area is 168 Å². The largest absolute Gasteiger partial charge is 0.491 e. The zero-order chi connectivity index (χ0) is 20.4. The number of non-ortho nitro benzene ring substituents is 1. The monoisotopic (exact) mass is 406 g/mol. The highest BCUT2D eigenvalue weighted by Gasteiger charge is 2.09. The fourth-order valence-electron chi connectivity index (χ4n) is 2.28. The Morgan fingerprint density at radius 2 is 2.04 bits per heavy atom. The van der Waals surface area contributed by atoms with Crippen molar-refractivity contribution in [3.63, 3.8) is 0 Å². The van der Waals surface area contributed by atoms with Crippen molar-refractivity contribution in [2.45, 2.75) is 19.6 Å². The summed E-state index contributed by atoms with van der Waals surface area (Å²) in [7, 11) is 0. The zero-order valence-electron chi connectivity index (χ0n) is 15.5. The summed E-state index contributed by atoms with van der Waals surface area (Å²) in [5.41, 5.74) is 0.965. The van der Waals surface area contributed by atoms with Gasteiger partial charge in [-0.25, -0.2) is 4.99 Å². The van der Waals surface area contributed by atoms with Crippen LogP contribution in [0.2, 0.25) is 5.02 Å². The van der Waals surface area contributed by atoms with Crippen LogP contribution >= 0.6 is 11.6 Å². The lowest BCUT2D eigenvalue weighted by Crippen LogP contribution is -2.42. The average Bonchev–Trinajstić information content (AvgIpc) is 2.69. The van der Waals surface area contributed by atoms with E-state index in [4.69, 9.17) is 16.3 Å². The molecule has 0 saturated heterocycles. The molecule has 0 aliphatic carbocycles. The molecule has 28 heavy (non-hydrogen) atoms. The van der Waals surface area contributed by atoms with E-state index >= 15 is 0 Å². The molecule has 0 radical (unpaired) electrons. The lowest BCUT2D eigenvalue weighted by atomic mass is 10.2. The Morgan fingerprint density at radius 3 is 2.68 bits per heavy atom. The van der Waals surface area contributed by atoms with Crippen LogP contribution in [-0.4, -0.2) is 41.8 Å². The van der Waals surface area contributed by atoms with Gasteiger partial charge < -0.3 is 20.5 Å². The Hall–Kier alpha value is -2.84. The highest BCUT2D eigenvalue weighted by molar-refractivity contribution is 6.30. The third kappa shape index (κ3) is 7.42. The summed E-state index contributed by atoms with van der Waals surface area (Å²) in [6, 6.07) is 13.2. The van der Waals surface area contributed by atoms with E-state index in [0.29, 0.717) is 29.8 Å². The second kappa shape index (κ2) is 11.1. The predicted molar refractivity (Wildman–Crippen MR) is 109 cm³/mol. The van der Waals surface area contributed by atoms with E-state index in [0.717, 1.165) is 5.56 Å². The van der Waals surface area contributed by atoms with Crippen molar-refractivity contribution in [1.82, 2.24) is 10.6 Å². The van der Waals surface area contributed by atoms with Crippen LogP contribution in [0.15, 0.2) is 53.5 Å². The molecule has 150 valence electrons. The summed E-state index contributed by atoms with van der Waals surface area (Å²) < 4.78 is 5.45. The van der Waals surface area contributed by atoms with Crippen LogP contribution in [0.4, 0.5) is 5.69 Å². The van der Waals surface area contributed by atoms with E-state index in [1.54, 1.807) is 6.07 Å². The van der Waals surface area contributed by atoms with Gasteiger partial charge in [0.25, 0.3) is 5.69 Å². The lowest BCUT2D eigenvalue weighted by Gasteiger charge is -2.16. The van der Waals surface area contributed by atoms with E-state index in [-0.39, 0.29) is 18.8 Å². The third-order valence-electron chi connectivity index (χ3n) is 3.65. The van der Waals surface area contributed by atoms with Gasteiger partial charge >= 0.3 is 0 Å². The fraction of sp³-hybridized carbons (Fsp3) is 0.316. The van der Waals surface area contributed by atoms with Crippen LogP contribution in [0, 0.1) is 10.1 Å². The number of aliphatic imine (C=N–C) groups is 1. The number of benzene rings is 2. The molecule has 1 atom stereocenters. The second-order valence-corrected chi connectivity index (χ2v) is 6.36. The van der Waals surface area contributed by atoms with Crippen LogP contribution in [0.5, 0.6) is 5.75 Å². The molecular weight excluding hydrogens is 384 g/mol. The van der Waals surface area contributed by atoms with Gasteiger partial charge in [0.15, 0.2) is 5.96 Å². The predicted octanol–water partition coefficient (Wildman–Crippen LogP) is 2.74. The highest BCUT2D eigenvalue weighted by Crippen LogP contribution is 2.17. The van der Waals surface area contributed by atoms with Crippen molar-refractivity contribution in [3.05, 3.63) is 69.2 Å². The minimum Gasteiger partial charge on any atom is -0.491 e. The van der Waals surface area contributed by atoms with Crippen molar-refractivity contribution in [2.24, 2.45) is 4.99 Å². The van der Waals surface area contributed by atoms with Crippen LogP contribution < -0.4 is 15.4 Å². The SMILES string of the molecule is CCNC(=NCc1cccc(Cl)c1)NCC(O)COc1ccc([N+](=O)[O-])cc1. The van der Waals surface area contributed by atoms with E-state index in [1.165, 1.54) is 24.3 Å². The number of guanidine groups is 1. The molecule has 0 heterocycles. The number of nitro benzene ring substituents is 1.